The summed E-state index contributed by atoms with van der Waals surface area (Å²) >= 11 is 0. The van der Waals surface area contributed by atoms with Gasteiger partial charge in [0.1, 0.15) is 5.82 Å². The number of aliphatic imine (C=N–C) groups is 1. The van der Waals surface area contributed by atoms with E-state index < -0.39 is 23.9 Å². The van der Waals surface area contributed by atoms with Crippen LogP contribution >= 0.6 is 0 Å². The molecule has 0 bridgehead atoms. The Labute approximate surface area is 162 Å². The van der Waals surface area contributed by atoms with Gasteiger partial charge in [-0.3, -0.25) is 4.79 Å². The van der Waals surface area contributed by atoms with Crippen LogP contribution < -0.4 is 15.5 Å². The van der Waals surface area contributed by atoms with E-state index >= 15 is 0 Å². The number of urea groups is 1. The van der Waals surface area contributed by atoms with Crippen LogP contribution in [0.25, 0.3) is 0 Å². The summed E-state index contributed by atoms with van der Waals surface area (Å²) < 4.78 is 19.4. The number of carbonyl (C=O) groups is 2. The Morgan fingerprint density at radius 1 is 1.18 bits per heavy atom. The molecular formula is C20H21FN4O3. The first-order chi connectivity index (χ1) is 13.5. The second kappa shape index (κ2) is 8.62. The summed E-state index contributed by atoms with van der Waals surface area (Å²) in [5.41, 5.74) is 1.74. The minimum absolute atomic E-state index is 0.254. The van der Waals surface area contributed by atoms with Gasteiger partial charge in [0.15, 0.2) is 0 Å². The molecule has 0 spiro atoms. The molecule has 1 aliphatic rings. The molecule has 0 fully saturated rings. The molecule has 146 valence electrons. The van der Waals surface area contributed by atoms with E-state index in [9.17, 15) is 14.0 Å². The average Bonchev–Trinajstić information content (AvgIpc) is 2.80. The van der Waals surface area contributed by atoms with Gasteiger partial charge in [-0.15, -0.1) is 0 Å². The highest BCUT2D eigenvalue weighted by atomic mass is 19.1. The van der Waals surface area contributed by atoms with Crippen LogP contribution in [0.2, 0.25) is 0 Å². The van der Waals surface area contributed by atoms with Crippen molar-refractivity contribution in [3.05, 3.63) is 65.5 Å². The highest BCUT2D eigenvalue weighted by molar-refractivity contribution is 6.20. The third kappa shape index (κ3) is 4.01. The topological polar surface area (TPSA) is 83.0 Å². The Hall–Kier alpha value is -3.26. The Morgan fingerprint density at radius 2 is 1.86 bits per heavy atom. The quantitative estimate of drug-likeness (QED) is 0.773. The fourth-order valence-corrected chi connectivity index (χ4v) is 2.93. The summed E-state index contributed by atoms with van der Waals surface area (Å²) in [6.45, 7) is 0.615. The van der Waals surface area contributed by atoms with Gasteiger partial charge in [-0.25, -0.2) is 14.2 Å². The number of methoxy groups -OCH3 is 1. The van der Waals surface area contributed by atoms with Crippen molar-refractivity contribution in [2.45, 2.75) is 6.17 Å². The summed E-state index contributed by atoms with van der Waals surface area (Å²) in [6.07, 6.45) is -1.20. The SMILES string of the molecule is COCCNC(=O)NC1N=C(c2ccccc2F)c2ccccc2N(C)C1=O. The number of benzene rings is 2. The number of nitrogens with one attached hydrogen (secondary N) is 2. The predicted molar refractivity (Wildman–Crippen MR) is 104 cm³/mol. The number of benzodiazepines with no additional fused rings is 1. The fraction of sp³-hybridized carbons (Fsp3) is 0.250. The van der Waals surface area contributed by atoms with Gasteiger partial charge >= 0.3 is 6.03 Å². The molecule has 7 nitrogen and oxygen atoms in total. The van der Waals surface area contributed by atoms with Crippen LogP contribution in [0, 0.1) is 5.82 Å². The first-order valence-corrected chi connectivity index (χ1v) is 8.76. The zero-order chi connectivity index (χ0) is 20.1. The van der Waals surface area contributed by atoms with Gasteiger partial charge in [-0.1, -0.05) is 30.3 Å². The number of para-hydroxylation sites is 1. The van der Waals surface area contributed by atoms with Crippen LogP contribution in [0.1, 0.15) is 11.1 Å². The van der Waals surface area contributed by atoms with Crippen molar-refractivity contribution in [1.29, 1.82) is 0 Å². The Balaban J connectivity index is 2.02. The number of carbonyl (C=O) groups excluding carboxylic acids is 2. The van der Waals surface area contributed by atoms with Gasteiger partial charge in [0.05, 0.1) is 18.0 Å². The summed E-state index contributed by atoms with van der Waals surface area (Å²) in [7, 11) is 3.12. The van der Waals surface area contributed by atoms with E-state index in [4.69, 9.17) is 4.74 Å². The molecule has 0 aliphatic carbocycles. The van der Waals surface area contributed by atoms with Gasteiger partial charge in [0.25, 0.3) is 5.91 Å². The predicted octanol–water partition coefficient (Wildman–Crippen LogP) is 1.91. The van der Waals surface area contributed by atoms with Gasteiger partial charge < -0.3 is 20.3 Å². The average molecular weight is 384 g/mol. The molecule has 2 aromatic carbocycles. The number of anilines is 1. The smallest absolute Gasteiger partial charge is 0.316 e. The van der Waals surface area contributed by atoms with E-state index in [0.717, 1.165) is 0 Å². The number of rotatable bonds is 5. The number of ether oxygens (including phenoxy) is 1. The molecule has 1 aliphatic heterocycles. The van der Waals surface area contributed by atoms with Gasteiger partial charge in [-0.2, -0.15) is 0 Å². The normalized spacial score (nSPS) is 16.1. The van der Waals surface area contributed by atoms with Crippen molar-refractivity contribution in [3.63, 3.8) is 0 Å². The molecule has 28 heavy (non-hydrogen) atoms. The number of likely N-dealkylation sites (N-methyl/N-ethyl adjacent to an activating group) is 1. The standard InChI is InChI=1S/C20H21FN4O3/c1-25-16-10-6-4-8-14(16)17(13-7-3-5-9-15(13)21)23-18(19(25)26)24-20(27)22-11-12-28-2/h3-10,18H,11-12H2,1-2H3,(H2,22,24,27). The minimum atomic E-state index is -1.20. The van der Waals surface area contributed by atoms with E-state index in [1.165, 1.54) is 18.1 Å². The maximum Gasteiger partial charge on any atom is 0.316 e. The van der Waals surface area contributed by atoms with Gasteiger partial charge in [0.2, 0.25) is 6.17 Å². The highest BCUT2D eigenvalue weighted by Crippen LogP contribution is 2.27. The lowest BCUT2D eigenvalue weighted by Crippen LogP contribution is -2.49. The maximum absolute atomic E-state index is 14.5. The van der Waals surface area contributed by atoms with Gasteiger partial charge in [-0.05, 0) is 18.2 Å². The molecule has 0 saturated carbocycles. The Morgan fingerprint density at radius 3 is 2.57 bits per heavy atom. The second-order valence-corrected chi connectivity index (χ2v) is 6.17. The number of nitrogens with zero attached hydrogens (tertiary/aromatic N) is 2. The second-order valence-electron chi connectivity index (χ2n) is 6.17. The van der Waals surface area contributed by atoms with E-state index in [1.807, 2.05) is 0 Å². The van der Waals surface area contributed by atoms with E-state index in [1.54, 1.807) is 49.5 Å². The van der Waals surface area contributed by atoms with Crippen LogP contribution in [-0.2, 0) is 9.53 Å². The molecule has 1 atom stereocenters. The van der Waals surface area contributed by atoms with Crippen molar-refractivity contribution < 1.29 is 18.7 Å². The van der Waals surface area contributed by atoms with Crippen molar-refractivity contribution in [1.82, 2.24) is 10.6 Å². The maximum atomic E-state index is 14.5. The van der Waals surface area contributed by atoms with Crippen LogP contribution in [0.15, 0.2) is 53.5 Å². The largest absolute Gasteiger partial charge is 0.383 e. The third-order valence-corrected chi connectivity index (χ3v) is 4.33. The number of hydrogen-bond donors (Lipinski definition) is 2. The molecule has 2 aromatic rings. The lowest BCUT2D eigenvalue weighted by Gasteiger charge is -2.21. The van der Waals surface area contributed by atoms with Crippen LogP contribution in [-0.4, -0.2) is 51.1 Å². The fourth-order valence-electron chi connectivity index (χ4n) is 2.93. The minimum Gasteiger partial charge on any atom is -0.383 e. The molecule has 3 amide bonds. The van der Waals surface area contributed by atoms with Crippen molar-refractivity contribution in [2.75, 3.05) is 32.2 Å². The summed E-state index contributed by atoms with van der Waals surface area (Å²) in [5, 5.41) is 5.13. The molecule has 1 heterocycles. The van der Waals surface area contributed by atoms with Crippen LogP contribution in [0.5, 0.6) is 0 Å². The lowest BCUT2D eigenvalue weighted by molar-refractivity contribution is -0.119. The Bertz CT molecular complexity index is 916. The molecule has 0 saturated heterocycles. The molecule has 1 unspecified atom stereocenters. The Kier molecular flexibility index (Phi) is 6.00. The molecule has 0 radical (unpaired) electrons. The molecule has 2 N–H and O–H groups in total. The molecular weight excluding hydrogens is 363 g/mol. The summed E-state index contributed by atoms with van der Waals surface area (Å²) in [6, 6.07) is 12.7. The van der Waals surface area contributed by atoms with Gasteiger partial charge in [0, 0.05) is 31.8 Å². The number of fused-ring (bicyclic) bond motifs is 1. The zero-order valence-electron chi connectivity index (χ0n) is 15.6. The summed E-state index contributed by atoms with van der Waals surface area (Å²) in [4.78, 5) is 30.9. The lowest BCUT2D eigenvalue weighted by atomic mass is 10.00. The van der Waals surface area contributed by atoms with Crippen molar-refractivity contribution in [3.8, 4) is 0 Å². The van der Waals surface area contributed by atoms with E-state index in [-0.39, 0.29) is 12.1 Å². The first kappa shape index (κ1) is 19.5. The molecule has 0 aromatic heterocycles. The van der Waals surface area contributed by atoms with Crippen molar-refractivity contribution in [2.24, 2.45) is 4.99 Å². The summed E-state index contributed by atoms with van der Waals surface area (Å²) in [5.74, 6) is -0.892. The third-order valence-electron chi connectivity index (χ3n) is 4.33. The van der Waals surface area contributed by atoms with E-state index in [0.29, 0.717) is 23.6 Å². The van der Waals surface area contributed by atoms with Crippen LogP contribution in [0.4, 0.5) is 14.9 Å². The van der Waals surface area contributed by atoms with Crippen LogP contribution in [0.3, 0.4) is 0 Å². The first-order valence-electron chi connectivity index (χ1n) is 8.76. The number of halogens is 1. The zero-order valence-corrected chi connectivity index (χ0v) is 15.6. The number of amides is 3. The number of hydrogen-bond acceptors (Lipinski definition) is 4. The van der Waals surface area contributed by atoms with E-state index in [2.05, 4.69) is 15.6 Å². The van der Waals surface area contributed by atoms with Crippen molar-refractivity contribution >= 4 is 23.3 Å². The highest BCUT2D eigenvalue weighted by Gasteiger charge is 2.31. The molecule has 3 rings (SSSR count). The molecule has 8 heteroatoms. The monoisotopic (exact) mass is 384 g/mol.